The first-order valence-electron chi connectivity index (χ1n) is 24.5. The molecular weight excluding hydrogens is 799 g/mol. The van der Waals surface area contributed by atoms with Crippen LogP contribution >= 0.6 is 0 Å². The zero-order valence-corrected chi connectivity index (χ0v) is 46.1. The minimum Gasteiger partial charge on any atom is -0.549 e. The second-order valence-electron chi connectivity index (χ2n) is 17.6. The van der Waals surface area contributed by atoms with Gasteiger partial charge in [-0.3, -0.25) is 4.55 Å². The number of hydrogen-bond donors (Lipinski definition) is 1. The van der Waals surface area contributed by atoms with Crippen molar-refractivity contribution in [2.24, 2.45) is 5.41 Å². The molecule has 7 nitrogen and oxygen atoms in total. The first kappa shape index (κ1) is 64.4. The summed E-state index contributed by atoms with van der Waals surface area (Å²) in [6.45, 7) is 4.53. The standard InChI is InChI=1S/C48H94O7S.2K/c1-3-5-7-9-11-13-15-17-19-21-23-25-27-29-31-33-35-37-39-41-43-48(47(51)52,45(46(49)50)56(53,54)55)44-42-40-38-36-34-32-30-28-26-24-22-20-18-16-14-12-10-8-6-4-2;;/h45H,3-44H2,1-2H3,(H,49,50)(H,51,52)(H,53,54,55);;/q;2*+1/p-2. The van der Waals surface area contributed by atoms with Crippen LogP contribution in [0.1, 0.15) is 284 Å². The zero-order valence-electron chi connectivity index (χ0n) is 39.1. The van der Waals surface area contributed by atoms with Gasteiger partial charge in [0.15, 0.2) is 0 Å². The van der Waals surface area contributed by atoms with Gasteiger partial charge in [0.25, 0.3) is 10.1 Å². The van der Waals surface area contributed by atoms with Crippen LogP contribution in [0.4, 0.5) is 0 Å². The zero-order chi connectivity index (χ0) is 41.4. The number of carboxylic acids is 2. The van der Waals surface area contributed by atoms with Gasteiger partial charge in [-0.15, -0.1) is 0 Å². The van der Waals surface area contributed by atoms with Crippen LogP contribution in [0.2, 0.25) is 0 Å². The van der Waals surface area contributed by atoms with E-state index in [1.807, 2.05) is 0 Å². The third-order valence-corrected chi connectivity index (χ3v) is 13.6. The van der Waals surface area contributed by atoms with Gasteiger partial charge in [0.05, 0.1) is 5.97 Å². The molecular formula is C48H92K2O7S. The molecule has 0 bridgehead atoms. The van der Waals surface area contributed by atoms with Crippen LogP contribution in [0.5, 0.6) is 0 Å². The fourth-order valence-electron chi connectivity index (χ4n) is 8.72. The van der Waals surface area contributed by atoms with Crippen LogP contribution in [0, 0.1) is 5.41 Å². The minimum absolute atomic E-state index is 0. The molecule has 0 amide bonds. The molecule has 0 radical (unpaired) electrons. The van der Waals surface area contributed by atoms with Crippen molar-refractivity contribution in [3.8, 4) is 0 Å². The molecule has 58 heavy (non-hydrogen) atoms. The maximum atomic E-state index is 12.5. The minimum atomic E-state index is -5.20. The Labute approximate surface area is 445 Å². The van der Waals surface area contributed by atoms with E-state index in [-0.39, 0.29) is 116 Å². The van der Waals surface area contributed by atoms with E-state index in [0.29, 0.717) is 25.7 Å². The molecule has 0 aromatic heterocycles. The van der Waals surface area contributed by atoms with E-state index in [1.165, 1.54) is 193 Å². The largest absolute Gasteiger partial charge is 1.00 e. The van der Waals surface area contributed by atoms with Gasteiger partial charge in [0.2, 0.25) is 0 Å². The molecule has 0 fully saturated rings. The third kappa shape index (κ3) is 38.6. The first-order chi connectivity index (χ1) is 27.1. The van der Waals surface area contributed by atoms with Crippen molar-refractivity contribution in [3.63, 3.8) is 0 Å². The molecule has 1 atom stereocenters. The van der Waals surface area contributed by atoms with Crippen LogP contribution in [-0.2, 0) is 19.7 Å². The first-order valence-corrected chi connectivity index (χ1v) is 26.0. The molecule has 334 valence electrons. The predicted molar refractivity (Wildman–Crippen MR) is 233 cm³/mol. The number of aliphatic carboxylic acids is 2. The van der Waals surface area contributed by atoms with Gasteiger partial charge >= 0.3 is 103 Å². The van der Waals surface area contributed by atoms with Crippen molar-refractivity contribution >= 4 is 22.1 Å². The fraction of sp³-hybridized carbons (Fsp3) is 0.958. The quantitative estimate of drug-likeness (QED) is 0.0390. The molecule has 0 rings (SSSR count). The van der Waals surface area contributed by atoms with Crippen LogP contribution in [0.25, 0.3) is 0 Å². The normalized spacial score (nSPS) is 12.3. The average molecular weight is 892 g/mol. The summed E-state index contributed by atoms with van der Waals surface area (Å²) >= 11 is 0. The Morgan fingerprint density at radius 3 is 0.707 bits per heavy atom. The number of carbonyl (C=O) groups is 2. The summed E-state index contributed by atoms with van der Waals surface area (Å²) < 4.78 is 34.2. The number of hydrogen-bond acceptors (Lipinski definition) is 6. The third-order valence-electron chi connectivity index (χ3n) is 12.4. The molecule has 0 aromatic rings. The fourth-order valence-corrected chi connectivity index (χ4v) is 9.87. The Bertz CT molecular complexity index is 951. The van der Waals surface area contributed by atoms with E-state index in [2.05, 4.69) is 13.8 Å². The summed E-state index contributed by atoms with van der Waals surface area (Å²) in [7, 11) is -5.20. The molecule has 1 unspecified atom stereocenters. The van der Waals surface area contributed by atoms with Crippen LogP contribution in [0.3, 0.4) is 0 Å². The monoisotopic (exact) mass is 891 g/mol. The second-order valence-corrected chi connectivity index (χ2v) is 19.1. The van der Waals surface area contributed by atoms with Crippen molar-refractivity contribution in [1.82, 2.24) is 0 Å². The van der Waals surface area contributed by atoms with E-state index in [4.69, 9.17) is 0 Å². The van der Waals surface area contributed by atoms with Crippen LogP contribution in [0.15, 0.2) is 0 Å². The van der Waals surface area contributed by atoms with Gasteiger partial charge in [0.1, 0.15) is 5.25 Å². The summed E-state index contributed by atoms with van der Waals surface area (Å²) in [6.07, 6.45) is 47.9. The molecule has 0 aromatic carbocycles. The second kappa shape index (κ2) is 47.1. The molecule has 1 N–H and O–H groups in total. The molecule has 10 heteroatoms. The number of unbranched alkanes of at least 4 members (excludes halogenated alkanes) is 38. The van der Waals surface area contributed by atoms with Gasteiger partial charge in [-0.2, -0.15) is 8.42 Å². The molecule has 0 aliphatic rings. The SMILES string of the molecule is CCCCCCCCCCCCCCCCCCCCCCC(CCCCCCCCCCCCCCCCCCCCCC)(C(=O)[O-])C(C(=O)[O-])S(=O)(=O)O.[K+].[K+]. The number of carboxylic acid groups (broad SMARTS) is 2. The average Bonchev–Trinajstić information content (AvgIpc) is 3.15. The Balaban J connectivity index is -0.0000151. The van der Waals surface area contributed by atoms with Crippen LogP contribution in [-0.4, -0.2) is 30.2 Å². The maximum Gasteiger partial charge on any atom is 1.00 e. The summed E-state index contributed by atoms with van der Waals surface area (Å²) in [6, 6.07) is 0. The van der Waals surface area contributed by atoms with E-state index in [0.717, 1.165) is 38.5 Å². The van der Waals surface area contributed by atoms with Crippen molar-refractivity contribution in [3.05, 3.63) is 0 Å². The Morgan fingerprint density at radius 1 is 0.397 bits per heavy atom. The van der Waals surface area contributed by atoms with Crippen molar-refractivity contribution in [1.29, 1.82) is 0 Å². The van der Waals surface area contributed by atoms with Gasteiger partial charge in [-0.05, 0) is 12.8 Å². The van der Waals surface area contributed by atoms with E-state index < -0.39 is 32.7 Å². The summed E-state index contributed by atoms with van der Waals surface area (Å²) in [5.74, 6) is -3.79. The van der Waals surface area contributed by atoms with Gasteiger partial charge in [-0.1, -0.05) is 271 Å². The van der Waals surface area contributed by atoms with Crippen molar-refractivity contribution in [2.75, 3.05) is 0 Å². The van der Waals surface area contributed by atoms with E-state index in [9.17, 15) is 32.8 Å². The number of rotatable bonds is 46. The molecule has 0 spiro atoms. The maximum absolute atomic E-state index is 12.5. The van der Waals surface area contributed by atoms with Gasteiger partial charge in [0, 0.05) is 11.4 Å². The van der Waals surface area contributed by atoms with Gasteiger partial charge < -0.3 is 19.8 Å². The molecule has 0 saturated heterocycles. The van der Waals surface area contributed by atoms with Crippen LogP contribution < -0.4 is 113 Å². The summed E-state index contributed by atoms with van der Waals surface area (Å²) in [5, 5.41) is 21.9. The number of carbonyl (C=O) groups excluding carboxylic acids is 2. The topological polar surface area (TPSA) is 135 Å². The van der Waals surface area contributed by atoms with E-state index in [1.54, 1.807) is 0 Å². The Kier molecular flexibility index (Phi) is 52.3. The van der Waals surface area contributed by atoms with Crippen molar-refractivity contribution in [2.45, 2.75) is 289 Å². The summed E-state index contributed by atoms with van der Waals surface area (Å²) in [5.41, 5.74) is -2.20. The molecule has 0 aliphatic carbocycles. The van der Waals surface area contributed by atoms with E-state index >= 15 is 0 Å². The Hall–Kier alpha value is 2.12. The molecule has 0 saturated carbocycles. The van der Waals surface area contributed by atoms with Gasteiger partial charge in [-0.25, -0.2) is 0 Å². The van der Waals surface area contributed by atoms with Crippen molar-refractivity contribution < 1.29 is 136 Å². The Morgan fingerprint density at radius 2 is 0.569 bits per heavy atom. The predicted octanol–water partition coefficient (Wildman–Crippen LogP) is 7.16. The molecule has 0 heterocycles. The summed E-state index contributed by atoms with van der Waals surface area (Å²) in [4.78, 5) is 24.5. The smallest absolute Gasteiger partial charge is 0.549 e. The molecule has 0 aliphatic heterocycles.